The van der Waals surface area contributed by atoms with Crippen molar-refractivity contribution in [3.8, 4) is 0 Å². The van der Waals surface area contributed by atoms with Crippen LogP contribution in [0.5, 0.6) is 0 Å². The maximum absolute atomic E-state index is 10.9. The number of aldehydes is 1. The maximum atomic E-state index is 10.9. The summed E-state index contributed by atoms with van der Waals surface area (Å²) in [5.74, 6) is 0.641. The summed E-state index contributed by atoms with van der Waals surface area (Å²) in [6.07, 6.45) is 1.31. The highest BCUT2D eigenvalue weighted by atomic mass is 35.5. The number of fused-ring (bicyclic) bond motifs is 1. The van der Waals surface area contributed by atoms with E-state index in [4.69, 9.17) is 11.6 Å². The Kier molecular flexibility index (Phi) is 3.01. The first kappa shape index (κ1) is 11.9. The molecule has 0 aliphatic carbocycles. The second kappa shape index (κ2) is 4.82. The highest BCUT2D eigenvalue weighted by Crippen LogP contribution is 2.18. The van der Waals surface area contributed by atoms with E-state index in [1.54, 1.807) is 16.6 Å². The van der Waals surface area contributed by atoms with Gasteiger partial charge in [0.2, 0.25) is 0 Å². The summed E-state index contributed by atoms with van der Waals surface area (Å²) >= 11 is 6.11. The van der Waals surface area contributed by atoms with Crippen molar-refractivity contribution in [2.24, 2.45) is 0 Å². The van der Waals surface area contributed by atoms with Gasteiger partial charge in [-0.3, -0.25) is 4.79 Å². The number of nitrogens with zero attached hydrogens (tertiary/aromatic N) is 3. The Hall–Kier alpha value is -2.20. The van der Waals surface area contributed by atoms with Gasteiger partial charge in [-0.25, -0.2) is 9.50 Å². The molecular weight excluding hydrogens is 262 g/mol. The Bertz CT molecular complexity index is 751. The molecule has 0 atom stereocenters. The van der Waals surface area contributed by atoms with Crippen LogP contribution < -0.4 is 0 Å². The standard InChI is InChI=1S/C14H10ClN3O/c15-12-6-2-1-4-10(12)8-13-16-14-7-3-5-11(9-19)18(14)17-13/h1-7,9H,8H2. The molecule has 5 heteroatoms. The van der Waals surface area contributed by atoms with Gasteiger partial charge in [-0.15, -0.1) is 0 Å². The van der Waals surface area contributed by atoms with Crippen LogP contribution in [0.2, 0.25) is 5.02 Å². The van der Waals surface area contributed by atoms with Gasteiger partial charge in [0.05, 0.1) is 0 Å². The van der Waals surface area contributed by atoms with Gasteiger partial charge in [0.1, 0.15) is 5.69 Å². The van der Waals surface area contributed by atoms with Gasteiger partial charge >= 0.3 is 0 Å². The molecule has 0 amide bonds. The minimum atomic E-state index is 0.482. The number of hydrogen-bond acceptors (Lipinski definition) is 3. The summed E-state index contributed by atoms with van der Waals surface area (Å²) in [5, 5.41) is 5.03. The monoisotopic (exact) mass is 271 g/mol. The first-order chi connectivity index (χ1) is 9.28. The number of carbonyl (C=O) groups is 1. The van der Waals surface area contributed by atoms with Gasteiger partial charge in [0.15, 0.2) is 17.8 Å². The Morgan fingerprint density at radius 2 is 2.00 bits per heavy atom. The predicted octanol–water partition coefficient (Wildman–Crippen LogP) is 2.79. The van der Waals surface area contributed by atoms with Crippen LogP contribution in [0.4, 0.5) is 0 Å². The third kappa shape index (κ3) is 2.22. The van der Waals surface area contributed by atoms with E-state index in [9.17, 15) is 4.79 Å². The number of carbonyl (C=O) groups excluding carboxylic acids is 1. The Labute approximate surface area is 114 Å². The van der Waals surface area contributed by atoms with Gasteiger partial charge in [0, 0.05) is 11.4 Å². The lowest BCUT2D eigenvalue weighted by atomic mass is 10.1. The number of pyridine rings is 1. The van der Waals surface area contributed by atoms with Gasteiger partial charge < -0.3 is 0 Å². The third-order valence-corrected chi connectivity index (χ3v) is 3.23. The largest absolute Gasteiger partial charge is 0.296 e. The van der Waals surface area contributed by atoms with Crippen LogP contribution in [-0.2, 0) is 6.42 Å². The average Bonchev–Trinajstić information content (AvgIpc) is 2.83. The Morgan fingerprint density at radius 3 is 2.79 bits per heavy atom. The number of rotatable bonds is 3. The van der Waals surface area contributed by atoms with Crippen LogP contribution in [0.1, 0.15) is 21.9 Å². The molecule has 0 saturated heterocycles. The lowest BCUT2D eigenvalue weighted by molar-refractivity contribution is 0.111. The smallest absolute Gasteiger partial charge is 0.168 e. The highest BCUT2D eigenvalue weighted by Gasteiger charge is 2.08. The van der Waals surface area contributed by atoms with Crippen LogP contribution in [0.25, 0.3) is 5.65 Å². The summed E-state index contributed by atoms with van der Waals surface area (Å²) in [5.41, 5.74) is 2.11. The Balaban J connectivity index is 2.03. The van der Waals surface area contributed by atoms with E-state index in [0.717, 1.165) is 11.8 Å². The van der Waals surface area contributed by atoms with Crippen LogP contribution >= 0.6 is 11.6 Å². The zero-order valence-corrected chi connectivity index (χ0v) is 10.7. The van der Waals surface area contributed by atoms with Crippen molar-refractivity contribution < 1.29 is 4.79 Å². The van der Waals surface area contributed by atoms with E-state index in [2.05, 4.69) is 10.1 Å². The molecule has 3 aromatic rings. The zero-order valence-electron chi connectivity index (χ0n) is 9.95. The van der Waals surface area contributed by atoms with E-state index >= 15 is 0 Å². The molecule has 0 aliphatic heterocycles. The first-order valence-corrected chi connectivity index (χ1v) is 6.19. The lowest BCUT2D eigenvalue weighted by Crippen LogP contribution is -1.97. The van der Waals surface area contributed by atoms with Gasteiger partial charge in [0.25, 0.3) is 0 Å². The predicted molar refractivity (Wildman–Crippen MR) is 72.6 cm³/mol. The molecule has 0 aliphatic rings. The van der Waals surface area contributed by atoms with E-state index in [1.165, 1.54) is 0 Å². The van der Waals surface area contributed by atoms with Crippen molar-refractivity contribution in [1.29, 1.82) is 0 Å². The topological polar surface area (TPSA) is 47.3 Å². The van der Waals surface area contributed by atoms with E-state index < -0.39 is 0 Å². The van der Waals surface area contributed by atoms with E-state index in [-0.39, 0.29) is 0 Å². The fourth-order valence-corrected chi connectivity index (χ4v) is 2.15. The summed E-state index contributed by atoms with van der Waals surface area (Å²) < 4.78 is 1.54. The van der Waals surface area contributed by atoms with Crippen molar-refractivity contribution in [3.05, 3.63) is 64.6 Å². The molecule has 0 N–H and O–H groups in total. The summed E-state index contributed by atoms with van der Waals surface area (Å²) in [4.78, 5) is 15.3. The zero-order chi connectivity index (χ0) is 13.2. The quantitative estimate of drug-likeness (QED) is 0.688. The summed E-state index contributed by atoms with van der Waals surface area (Å²) in [6, 6.07) is 12.9. The second-order valence-corrected chi connectivity index (χ2v) is 4.54. The first-order valence-electron chi connectivity index (χ1n) is 5.81. The third-order valence-electron chi connectivity index (χ3n) is 2.86. The molecule has 19 heavy (non-hydrogen) atoms. The number of aromatic nitrogens is 3. The molecule has 0 fully saturated rings. The molecule has 2 aromatic heterocycles. The van der Waals surface area contributed by atoms with Gasteiger partial charge in [-0.1, -0.05) is 35.9 Å². The maximum Gasteiger partial charge on any atom is 0.168 e. The van der Waals surface area contributed by atoms with E-state index in [1.807, 2.05) is 30.3 Å². The molecule has 0 spiro atoms. The molecule has 2 heterocycles. The van der Waals surface area contributed by atoms with Crippen molar-refractivity contribution in [2.45, 2.75) is 6.42 Å². The summed E-state index contributed by atoms with van der Waals surface area (Å²) in [7, 11) is 0. The fourth-order valence-electron chi connectivity index (χ4n) is 1.95. The van der Waals surface area contributed by atoms with Crippen LogP contribution in [0.3, 0.4) is 0 Å². The Morgan fingerprint density at radius 1 is 1.16 bits per heavy atom. The molecule has 1 aromatic carbocycles. The van der Waals surface area contributed by atoms with Crippen LogP contribution in [-0.4, -0.2) is 20.9 Å². The molecular formula is C14H10ClN3O. The van der Waals surface area contributed by atoms with Crippen molar-refractivity contribution >= 4 is 23.5 Å². The van der Waals surface area contributed by atoms with Crippen LogP contribution in [0.15, 0.2) is 42.5 Å². The van der Waals surface area contributed by atoms with Crippen LogP contribution in [0, 0.1) is 0 Å². The van der Waals surface area contributed by atoms with Crippen molar-refractivity contribution in [1.82, 2.24) is 14.6 Å². The molecule has 0 bridgehead atoms. The number of hydrogen-bond donors (Lipinski definition) is 0. The number of halogens is 1. The fraction of sp³-hybridized carbons (Fsp3) is 0.0714. The molecule has 0 unspecified atom stereocenters. The molecule has 4 nitrogen and oxygen atoms in total. The lowest BCUT2D eigenvalue weighted by Gasteiger charge is -1.99. The van der Waals surface area contributed by atoms with Crippen molar-refractivity contribution in [2.75, 3.05) is 0 Å². The molecule has 0 radical (unpaired) electrons. The van der Waals surface area contributed by atoms with Crippen molar-refractivity contribution in [3.63, 3.8) is 0 Å². The minimum Gasteiger partial charge on any atom is -0.296 e. The van der Waals surface area contributed by atoms with Gasteiger partial charge in [-0.05, 0) is 23.8 Å². The summed E-state index contributed by atoms with van der Waals surface area (Å²) in [6.45, 7) is 0. The minimum absolute atomic E-state index is 0.482. The molecule has 94 valence electrons. The highest BCUT2D eigenvalue weighted by molar-refractivity contribution is 6.31. The van der Waals surface area contributed by atoms with Gasteiger partial charge in [-0.2, -0.15) is 5.10 Å². The molecule has 0 saturated carbocycles. The molecule has 3 rings (SSSR count). The SMILES string of the molecule is O=Cc1cccc2nc(Cc3ccccc3Cl)nn12. The van der Waals surface area contributed by atoms with E-state index in [0.29, 0.717) is 28.6 Å². The number of benzene rings is 1. The average molecular weight is 272 g/mol. The second-order valence-electron chi connectivity index (χ2n) is 4.13. The normalized spacial score (nSPS) is 10.8.